The van der Waals surface area contributed by atoms with E-state index in [9.17, 15) is 14.9 Å². The molecule has 1 aromatic carbocycles. The molecule has 0 aliphatic heterocycles. The van der Waals surface area contributed by atoms with E-state index in [4.69, 9.17) is 10.5 Å². The zero-order valence-corrected chi connectivity index (χ0v) is 12.6. The van der Waals surface area contributed by atoms with Crippen LogP contribution in [0.5, 0.6) is 5.75 Å². The predicted molar refractivity (Wildman–Crippen MR) is 82.8 cm³/mol. The van der Waals surface area contributed by atoms with Gasteiger partial charge in [0.2, 0.25) is 5.91 Å². The van der Waals surface area contributed by atoms with E-state index >= 15 is 0 Å². The molecule has 2 rings (SSSR count). The normalized spacial score (nSPS) is 21.1. The fourth-order valence-electron chi connectivity index (χ4n) is 2.90. The van der Waals surface area contributed by atoms with Gasteiger partial charge in [-0.2, -0.15) is 0 Å². The molecule has 1 aliphatic carbocycles. The van der Waals surface area contributed by atoms with Crippen LogP contribution < -0.4 is 15.8 Å². The van der Waals surface area contributed by atoms with Crippen LogP contribution in [0.2, 0.25) is 0 Å². The van der Waals surface area contributed by atoms with Crippen molar-refractivity contribution in [2.24, 2.45) is 11.7 Å². The lowest BCUT2D eigenvalue weighted by Gasteiger charge is -2.28. The molecule has 1 aliphatic rings. The summed E-state index contributed by atoms with van der Waals surface area (Å²) in [6.07, 6.45) is 3.13. The Kier molecular flexibility index (Phi) is 5.19. The van der Waals surface area contributed by atoms with Crippen LogP contribution in [0.4, 0.5) is 11.4 Å². The summed E-state index contributed by atoms with van der Waals surface area (Å²) < 4.78 is 5.33. The minimum Gasteiger partial charge on any atom is -0.487 e. The number of primary amides is 1. The number of para-hydroxylation sites is 1. The van der Waals surface area contributed by atoms with Gasteiger partial charge < -0.3 is 15.8 Å². The van der Waals surface area contributed by atoms with E-state index in [1.807, 2.05) is 0 Å². The summed E-state index contributed by atoms with van der Waals surface area (Å²) in [5.74, 6) is -0.218. The molecule has 1 amide bonds. The van der Waals surface area contributed by atoms with Gasteiger partial charge in [0.05, 0.1) is 11.5 Å². The van der Waals surface area contributed by atoms with Gasteiger partial charge in [-0.05, 0) is 38.3 Å². The molecule has 1 aromatic rings. The van der Waals surface area contributed by atoms with E-state index in [-0.39, 0.29) is 29.3 Å². The molecule has 1 fully saturated rings. The first-order valence-corrected chi connectivity index (χ1v) is 7.49. The molecule has 0 radical (unpaired) electrons. The Morgan fingerprint density at radius 2 is 2.27 bits per heavy atom. The van der Waals surface area contributed by atoms with Crippen molar-refractivity contribution in [2.75, 3.05) is 11.9 Å². The summed E-state index contributed by atoms with van der Waals surface area (Å²) >= 11 is 0. The number of anilines is 1. The summed E-state index contributed by atoms with van der Waals surface area (Å²) in [4.78, 5) is 22.2. The minimum absolute atomic E-state index is 0.00169. The lowest BCUT2D eigenvalue weighted by atomic mass is 9.85. The van der Waals surface area contributed by atoms with Crippen LogP contribution >= 0.6 is 0 Å². The molecular formula is C15H21N3O4. The van der Waals surface area contributed by atoms with Gasteiger partial charge in [-0.1, -0.05) is 12.5 Å². The predicted octanol–water partition coefficient (Wildman–Crippen LogP) is 2.45. The molecule has 0 unspecified atom stereocenters. The standard InChI is InChI=1S/C15H21N3O4/c1-2-22-13-8-4-7-12(14(13)18(20)21)17-11-6-3-5-10(9-11)15(16)19/h4,7-8,10-11,17H,2-3,5-6,9H2,1H3,(H2,16,19)/t10-,11-/m1/s1. The Labute approximate surface area is 129 Å². The van der Waals surface area contributed by atoms with E-state index in [1.54, 1.807) is 25.1 Å². The Balaban J connectivity index is 2.20. The monoisotopic (exact) mass is 307 g/mol. The van der Waals surface area contributed by atoms with Crippen molar-refractivity contribution in [1.82, 2.24) is 0 Å². The van der Waals surface area contributed by atoms with Gasteiger partial charge in [0.1, 0.15) is 5.69 Å². The molecular weight excluding hydrogens is 286 g/mol. The number of nitro benzene ring substituents is 1. The number of rotatable bonds is 6. The van der Waals surface area contributed by atoms with Crippen LogP contribution in [0.15, 0.2) is 18.2 Å². The average Bonchev–Trinajstić information content (AvgIpc) is 2.47. The second kappa shape index (κ2) is 7.11. The van der Waals surface area contributed by atoms with E-state index in [0.29, 0.717) is 18.7 Å². The van der Waals surface area contributed by atoms with Crippen molar-refractivity contribution in [3.8, 4) is 5.75 Å². The molecule has 0 aromatic heterocycles. The zero-order valence-electron chi connectivity index (χ0n) is 12.6. The number of nitrogens with zero attached hydrogens (tertiary/aromatic N) is 1. The number of amides is 1. The van der Waals surface area contributed by atoms with Gasteiger partial charge in [-0.25, -0.2) is 0 Å². The Hall–Kier alpha value is -2.31. The van der Waals surface area contributed by atoms with Gasteiger partial charge in [0.15, 0.2) is 5.75 Å². The van der Waals surface area contributed by atoms with Crippen LogP contribution in [0.25, 0.3) is 0 Å². The van der Waals surface area contributed by atoms with E-state index in [1.165, 1.54) is 0 Å². The fourth-order valence-corrected chi connectivity index (χ4v) is 2.90. The number of nitrogens with one attached hydrogen (secondary N) is 1. The lowest BCUT2D eigenvalue weighted by Crippen LogP contribution is -2.34. The van der Waals surface area contributed by atoms with Crippen LogP contribution in [-0.2, 0) is 4.79 Å². The smallest absolute Gasteiger partial charge is 0.333 e. The highest BCUT2D eigenvalue weighted by Crippen LogP contribution is 2.36. The lowest BCUT2D eigenvalue weighted by molar-refractivity contribution is -0.385. The number of hydrogen-bond donors (Lipinski definition) is 2. The van der Waals surface area contributed by atoms with Crippen molar-refractivity contribution in [2.45, 2.75) is 38.6 Å². The molecule has 0 spiro atoms. The van der Waals surface area contributed by atoms with E-state index < -0.39 is 4.92 Å². The van der Waals surface area contributed by atoms with Crippen LogP contribution in [-0.4, -0.2) is 23.5 Å². The first-order valence-electron chi connectivity index (χ1n) is 7.49. The third-order valence-corrected chi connectivity index (χ3v) is 3.92. The number of carbonyl (C=O) groups is 1. The summed E-state index contributed by atoms with van der Waals surface area (Å²) in [6, 6.07) is 4.96. The molecule has 7 nitrogen and oxygen atoms in total. The molecule has 3 N–H and O–H groups in total. The first-order chi connectivity index (χ1) is 10.5. The third-order valence-electron chi connectivity index (χ3n) is 3.92. The van der Waals surface area contributed by atoms with Gasteiger partial charge in [0, 0.05) is 12.0 Å². The summed E-state index contributed by atoms with van der Waals surface area (Å²) in [6.45, 7) is 2.14. The third kappa shape index (κ3) is 3.66. The molecule has 0 bridgehead atoms. The van der Waals surface area contributed by atoms with Crippen LogP contribution in [0, 0.1) is 16.0 Å². The quantitative estimate of drug-likeness (QED) is 0.620. The molecule has 120 valence electrons. The highest BCUT2D eigenvalue weighted by Gasteiger charge is 2.28. The number of benzene rings is 1. The topological polar surface area (TPSA) is 107 Å². The maximum absolute atomic E-state index is 11.3. The van der Waals surface area contributed by atoms with Crippen LogP contribution in [0.3, 0.4) is 0 Å². The largest absolute Gasteiger partial charge is 0.487 e. The van der Waals surface area contributed by atoms with Crippen LogP contribution in [0.1, 0.15) is 32.6 Å². The molecule has 22 heavy (non-hydrogen) atoms. The van der Waals surface area contributed by atoms with Crippen molar-refractivity contribution in [3.63, 3.8) is 0 Å². The molecule has 2 atom stereocenters. The summed E-state index contributed by atoms with van der Waals surface area (Å²) in [5, 5.41) is 14.5. The van der Waals surface area contributed by atoms with Crippen molar-refractivity contribution in [3.05, 3.63) is 28.3 Å². The number of carbonyl (C=O) groups excluding carboxylic acids is 1. The van der Waals surface area contributed by atoms with Crippen molar-refractivity contribution < 1.29 is 14.5 Å². The average molecular weight is 307 g/mol. The van der Waals surface area contributed by atoms with Crippen molar-refractivity contribution in [1.29, 1.82) is 0 Å². The summed E-state index contributed by atoms with van der Waals surface area (Å²) in [5.41, 5.74) is 5.73. The van der Waals surface area contributed by atoms with Gasteiger partial charge >= 0.3 is 5.69 Å². The fraction of sp³-hybridized carbons (Fsp3) is 0.533. The second-order valence-electron chi connectivity index (χ2n) is 5.45. The Morgan fingerprint density at radius 3 is 2.91 bits per heavy atom. The first kappa shape index (κ1) is 16.1. The van der Waals surface area contributed by atoms with Crippen molar-refractivity contribution >= 4 is 17.3 Å². The molecule has 0 heterocycles. The number of hydrogen-bond acceptors (Lipinski definition) is 5. The molecule has 0 saturated heterocycles. The maximum Gasteiger partial charge on any atom is 0.333 e. The highest BCUT2D eigenvalue weighted by atomic mass is 16.6. The molecule has 1 saturated carbocycles. The highest BCUT2D eigenvalue weighted by molar-refractivity contribution is 5.77. The van der Waals surface area contributed by atoms with E-state index in [0.717, 1.165) is 19.3 Å². The second-order valence-corrected chi connectivity index (χ2v) is 5.45. The Bertz CT molecular complexity index is 562. The number of nitro groups is 1. The summed E-state index contributed by atoms with van der Waals surface area (Å²) in [7, 11) is 0. The zero-order chi connectivity index (χ0) is 16.1. The van der Waals surface area contributed by atoms with Gasteiger partial charge in [0.25, 0.3) is 0 Å². The molecule has 7 heteroatoms. The Morgan fingerprint density at radius 1 is 1.50 bits per heavy atom. The van der Waals surface area contributed by atoms with Gasteiger partial charge in [-0.3, -0.25) is 14.9 Å². The van der Waals surface area contributed by atoms with E-state index in [2.05, 4.69) is 5.32 Å². The number of ether oxygens (including phenoxy) is 1. The van der Waals surface area contributed by atoms with Gasteiger partial charge in [-0.15, -0.1) is 0 Å². The maximum atomic E-state index is 11.3. The number of nitrogens with two attached hydrogens (primary N) is 1. The minimum atomic E-state index is -0.443. The SMILES string of the molecule is CCOc1cccc(N[C@@H]2CCC[C@@H](C(N)=O)C2)c1[N+](=O)[O-].